The van der Waals surface area contributed by atoms with Gasteiger partial charge in [0.15, 0.2) is 6.10 Å². The van der Waals surface area contributed by atoms with Gasteiger partial charge in [0.05, 0.1) is 13.2 Å². The summed E-state index contributed by atoms with van der Waals surface area (Å²) < 4.78 is 9.59. The van der Waals surface area contributed by atoms with Crippen LogP contribution >= 0.6 is 0 Å². The maximum Gasteiger partial charge on any atom is 0.338 e. The number of rotatable bonds is 3. The lowest BCUT2D eigenvalue weighted by molar-refractivity contribution is -0.235. The van der Waals surface area contributed by atoms with Crippen molar-refractivity contribution in [3.63, 3.8) is 0 Å². The van der Waals surface area contributed by atoms with Crippen LogP contribution in [0, 0.1) is 0 Å². The highest BCUT2D eigenvalue weighted by atomic mass is 16.6. The molecule has 7 heteroatoms. The third kappa shape index (κ3) is 2.50. The molecule has 0 aromatic rings. The molecule has 0 aromatic heterocycles. The normalized spacial score (nSPS) is 39.4. The van der Waals surface area contributed by atoms with Crippen molar-refractivity contribution in [2.75, 3.05) is 13.2 Å². The summed E-state index contributed by atoms with van der Waals surface area (Å²) >= 11 is 0. The number of carbonyl (C=O) groups is 1. The summed E-state index contributed by atoms with van der Waals surface area (Å²) in [7, 11) is 0. The van der Waals surface area contributed by atoms with E-state index in [0.717, 1.165) is 0 Å². The Morgan fingerprint density at radius 1 is 1.25 bits per heavy atom. The van der Waals surface area contributed by atoms with Crippen LogP contribution in [0.3, 0.4) is 0 Å². The van der Waals surface area contributed by atoms with E-state index in [0.29, 0.717) is 0 Å². The monoisotopic (exact) mass is 236 g/mol. The Hall–Kier alpha value is -0.730. The van der Waals surface area contributed by atoms with Gasteiger partial charge in [-0.3, -0.25) is 0 Å². The van der Waals surface area contributed by atoms with Crippen molar-refractivity contribution in [2.45, 2.75) is 37.4 Å². The molecule has 0 bridgehead atoms. The zero-order chi connectivity index (χ0) is 12.3. The topological polar surface area (TPSA) is 116 Å². The molecule has 7 nitrogen and oxygen atoms in total. The molecule has 1 rings (SSSR count). The van der Waals surface area contributed by atoms with Gasteiger partial charge in [0.1, 0.15) is 24.4 Å². The number of aliphatic hydroxyl groups is 4. The average molecular weight is 236 g/mol. The lowest BCUT2D eigenvalue weighted by Crippen LogP contribution is -2.60. The van der Waals surface area contributed by atoms with Crippen molar-refractivity contribution < 1.29 is 34.7 Å². The van der Waals surface area contributed by atoms with E-state index in [9.17, 15) is 20.1 Å². The third-order valence-corrected chi connectivity index (χ3v) is 2.41. The number of aliphatic hydroxyl groups excluding tert-OH is 4. The van der Waals surface area contributed by atoms with Crippen molar-refractivity contribution in [1.29, 1.82) is 0 Å². The Morgan fingerprint density at radius 2 is 1.88 bits per heavy atom. The summed E-state index contributed by atoms with van der Waals surface area (Å²) in [6, 6.07) is 0. The fraction of sp³-hybridized carbons (Fsp3) is 0.889. The molecule has 1 aliphatic rings. The van der Waals surface area contributed by atoms with Crippen molar-refractivity contribution in [1.82, 2.24) is 0 Å². The first-order chi connectivity index (χ1) is 7.52. The summed E-state index contributed by atoms with van der Waals surface area (Å²) in [5.41, 5.74) is 0. The standard InChI is InChI=1S/C9H16O7/c1-2-15-9(14)8-7(13)6(12)5(11)4(3-10)16-8/h4-8,10-13H,2-3H2,1H3/t4-,5-,6+,7-,8-/m1/s1. The largest absolute Gasteiger partial charge is 0.464 e. The lowest BCUT2D eigenvalue weighted by Gasteiger charge is -2.38. The van der Waals surface area contributed by atoms with Crippen molar-refractivity contribution in [3.05, 3.63) is 0 Å². The molecule has 0 spiro atoms. The minimum Gasteiger partial charge on any atom is -0.464 e. The minimum absolute atomic E-state index is 0.105. The highest BCUT2D eigenvalue weighted by molar-refractivity contribution is 5.75. The number of hydrogen-bond donors (Lipinski definition) is 4. The second kappa shape index (κ2) is 5.55. The van der Waals surface area contributed by atoms with Gasteiger partial charge < -0.3 is 29.9 Å². The molecule has 5 atom stereocenters. The molecule has 0 amide bonds. The molecule has 1 saturated heterocycles. The van der Waals surface area contributed by atoms with Crippen LogP contribution < -0.4 is 0 Å². The van der Waals surface area contributed by atoms with Crippen molar-refractivity contribution in [3.8, 4) is 0 Å². The first-order valence-corrected chi connectivity index (χ1v) is 5.00. The lowest BCUT2D eigenvalue weighted by atomic mass is 9.95. The van der Waals surface area contributed by atoms with Gasteiger partial charge in [-0.1, -0.05) is 0 Å². The molecule has 94 valence electrons. The minimum atomic E-state index is -1.57. The molecule has 0 saturated carbocycles. The Labute approximate surface area is 92.2 Å². The van der Waals surface area contributed by atoms with E-state index in [4.69, 9.17) is 9.84 Å². The van der Waals surface area contributed by atoms with Gasteiger partial charge in [0.25, 0.3) is 0 Å². The highest BCUT2D eigenvalue weighted by Gasteiger charge is 2.47. The van der Waals surface area contributed by atoms with Crippen LogP contribution in [0.5, 0.6) is 0 Å². The van der Waals surface area contributed by atoms with Crippen molar-refractivity contribution >= 4 is 5.97 Å². The maximum atomic E-state index is 11.3. The molecule has 0 aliphatic carbocycles. The van der Waals surface area contributed by atoms with Gasteiger partial charge in [0, 0.05) is 0 Å². The zero-order valence-electron chi connectivity index (χ0n) is 8.81. The third-order valence-electron chi connectivity index (χ3n) is 2.41. The molecule has 1 heterocycles. The smallest absolute Gasteiger partial charge is 0.338 e. The van der Waals surface area contributed by atoms with Crippen LogP contribution in [0.1, 0.15) is 6.92 Å². The fourth-order valence-electron chi connectivity index (χ4n) is 1.52. The van der Waals surface area contributed by atoms with Crippen LogP contribution in [0.4, 0.5) is 0 Å². The Morgan fingerprint density at radius 3 is 2.38 bits per heavy atom. The summed E-state index contributed by atoms with van der Waals surface area (Å²) in [5, 5.41) is 37.2. The summed E-state index contributed by atoms with van der Waals surface area (Å²) in [5.74, 6) is -0.834. The number of ether oxygens (including phenoxy) is 2. The van der Waals surface area contributed by atoms with Gasteiger partial charge in [-0.2, -0.15) is 0 Å². The van der Waals surface area contributed by atoms with E-state index in [-0.39, 0.29) is 6.61 Å². The molecular weight excluding hydrogens is 220 g/mol. The van der Waals surface area contributed by atoms with Crippen LogP contribution in [-0.2, 0) is 14.3 Å². The van der Waals surface area contributed by atoms with E-state index in [1.165, 1.54) is 0 Å². The predicted molar refractivity (Wildman–Crippen MR) is 50.4 cm³/mol. The first-order valence-electron chi connectivity index (χ1n) is 5.00. The SMILES string of the molecule is CCOC(=O)[C@@H]1O[C@H](CO)[C@@H](O)[C@H](O)[C@H]1O. The van der Waals surface area contributed by atoms with Crippen LogP contribution in [0.2, 0.25) is 0 Å². The Bertz CT molecular complexity index is 242. The van der Waals surface area contributed by atoms with E-state index in [1.54, 1.807) is 6.92 Å². The molecule has 0 aromatic carbocycles. The number of hydrogen-bond acceptors (Lipinski definition) is 7. The predicted octanol–water partition coefficient (Wildman–Crippen LogP) is -2.61. The van der Waals surface area contributed by atoms with Gasteiger partial charge in [-0.15, -0.1) is 0 Å². The van der Waals surface area contributed by atoms with Gasteiger partial charge in [0.2, 0.25) is 0 Å². The molecule has 0 unspecified atom stereocenters. The first kappa shape index (κ1) is 13.3. The van der Waals surface area contributed by atoms with Crippen LogP contribution in [0.15, 0.2) is 0 Å². The van der Waals surface area contributed by atoms with E-state index in [2.05, 4.69) is 4.74 Å². The zero-order valence-corrected chi connectivity index (χ0v) is 8.81. The van der Waals surface area contributed by atoms with Crippen molar-refractivity contribution in [2.24, 2.45) is 0 Å². The maximum absolute atomic E-state index is 11.3. The van der Waals surface area contributed by atoms with Crippen LogP contribution in [0.25, 0.3) is 0 Å². The second-order valence-electron chi connectivity index (χ2n) is 3.50. The molecule has 1 fully saturated rings. The van der Waals surface area contributed by atoms with Gasteiger partial charge in [-0.25, -0.2) is 4.79 Å². The van der Waals surface area contributed by atoms with E-state index in [1.807, 2.05) is 0 Å². The Kier molecular flexibility index (Phi) is 4.63. The summed E-state index contributed by atoms with van der Waals surface area (Å²) in [4.78, 5) is 11.3. The number of esters is 1. The molecular formula is C9H16O7. The quantitative estimate of drug-likeness (QED) is 0.397. The average Bonchev–Trinajstić information content (AvgIpc) is 2.27. The fourth-order valence-corrected chi connectivity index (χ4v) is 1.52. The Balaban J connectivity index is 2.74. The molecule has 4 N–H and O–H groups in total. The van der Waals surface area contributed by atoms with Gasteiger partial charge >= 0.3 is 5.97 Å². The molecule has 1 aliphatic heterocycles. The molecule has 0 radical (unpaired) electrons. The van der Waals surface area contributed by atoms with Gasteiger partial charge in [-0.05, 0) is 6.92 Å². The molecule has 16 heavy (non-hydrogen) atoms. The van der Waals surface area contributed by atoms with E-state index >= 15 is 0 Å². The second-order valence-corrected chi connectivity index (χ2v) is 3.50. The van der Waals surface area contributed by atoms with Crippen LogP contribution in [-0.4, -0.2) is 70.1 Å². The summed E-state index contributed by atoms with van der Waals surface area (Å²) in [6.07, 6.45) is -7.08. The number of carbonyl (C=O) groups excluding carboxylic acids is 1. The summed E-state index contributed by atoms with van der Waals surface area (Å²) in [6.45, 7) is 1.12. The highest BCUT2D eigenvalue weighted by Crippen LogP contribution is 2.21. The van der Waals surface area contributed by atoms with E-state index < -0.39 is 43.1 Å².